The maximum Gasteiger partial charge on any atom is 0.247 e. The van der Waals surface area contributed by atoms with Crippen molar-refractivity contribution in [1.29, 1.82) is 0 Å². The molecule has 0 bridgehead atoms. The quantitative estimate of drug-likeness (QED) is 0.722. The lowest BCUT2D eigenvalue weighted by Crippen LogP contribution is -2.46. The van der Waals surface area contributed by atoms with Gasteiger partial charge in [0.2, 0.25) is 5.95 Å². The smallest absolute Gasteiger partial charge is 0.247 e. The van der Waals surface area contributed by atoms with E-state index in [2.05, 4.69) is 65.6 Å². The molecule has 2 aromatic heterocycles. The Balaban J connectivity index is 1.32. The molecule has 1 aliphatic heterocycles. The second-order valence-electron chi connectivity index (χ2n) is 6.61. The van der Waals surface area contributed by atoms with Crippen LogP contribution in [0.25, 0.3) is 0 Å². The highest BCUT2D eigenvalue weighted by molar-refractivity contribution is 5.39. The van der Waals surface area contributed by atoms with Gasteiger partial charge in [0.15, 0.2) is 5.82 Å². The molecule has 0 atom stereocenters. The van der Waals surface area contributed by atoms with Gasteiger partial charge in [-0.05, 0) is 17.2 Å². The van der Waals surface area contributed by atoms with Gasteiger partial charge >= 0.3 is 0 Å². The summed E-state index contributed by atoms with van der Waals surface area (Å²) in [6, 6.07) is 14.6. The fourth-order valence-corrected chi connectivity index (χ4v) is 3.16. The first-order valence-electron chi connectivity index (χ1n) is 9.20. The minimum absolute atomic E-state index is 0.664. The van der Waals surface area contributed by atoms with Crippen molar-refractivity contribution in [2.45, 2.75) is 13.1 Å². The number of pyridine rings is 1. The van der Waals surface area contributed by atoms with Gasteiger partial charge in [0.25, 0.3) is 0 Å². The standard InChI is InChI=1S/C20H23N7/c1-2-5-17(6-3-1)16-26-9-11-27(12-10-26)20-24-19(15-23-25-20)22-14-18-7-4-8-21-13-18/h1-8,13,15H,9-12,14,16H2,(H,22,24,25). The first-order valence-corrected chi connectivity index (χ1v) is 9.20. The topological polar surface area (TPSA) is 70.1 Å². The van der Waals surface area contributed by atoms with Crippen molar-refractivity contribution in [3.63, 3.8) is 0 Å². The Morgan fingerprint density at radius 2 is 1.70 bits per heavy atom. The summed E-state index contributed by atoms with van der Waals surface area (Å²) in [4.78, 5) is 13.4. The fraction of sp³-hybridized carbons (Fsp3) is 0.300. The molecule has 0 spiro atoms. The van der Waals surface area contributed by atoms with Gasteiger partial charge < -0.3 is 10.2 Å². The highest BCUT2D eigenvalue weighted by Gasteiger charge is 2.19. The number of aromatic nitrogens is 4. The first-order chi connectivity index (χ1) is 13.4. The molecule has 3 aromatic rings. The van der Waals surface area contributed by atoms with Crippen molar-refractivity contribution in [1.82, 2.24) is 25.1 Å². The molecule has 0 aliphatic carbocycles. The molecule has 1 N–H and O–H groups in total. The van der Waals surface area contributed by atoms with Gasteiger partial charge in [-0.15, -0.1) is 5.10 Å². The van der Waals surface area contributed by atoms with Gasteiger partial charge in [0, 0.05) is 51.7 Å². The van der Waals surface area contributed by atoms with Crippen LogP contribution in [0.15, 0.2) is 61.1 Å². The van der Waals surface area contributed by atoms with Crippen LogP contribution in [0.1, 0.15) is 11.1 Å². The monoisotopic (exact) mass is 361 g/mol. The lowest BCUT2D eigenvalue weighted by molar-refractivity contribution is 0.248. The molecule has 7 heteroatoms. The number of nitrogens with one attached hydrogen (secondary N) is 1. The minimum atomic E-state index is 0.664. The molecule has 0 saturated carbocycles. The molecule has 0 radical (unpaired) electrons. The maximum absolute atomic E-state index is 4.62. The van der Waals surface area contributed by atoms with E-state index in [0.717, 1.165) is 44.1 Å². The Morgan fingerprint density at radius 3 is 2.48 bits per heavy atom. The van der Waals surface area contributed by atoms with Crippen LogP contribution >= 0.6 is 0 Å². The highest BCUT2D eigenvalue weighted by atomic mass is 15.4. The number of piperazine rings is 1. The van der Waals surface area contributed by atoms with Crippen molar-refractivity contribution in [2.24, 2.45) is 0 Å². The van der Waals surface area contributed by atoms with E-state index in [4.69, 9.17) is 0 Å². The number of nitrogens with zero attached hydrogens (tertiary/aromatic N) is 6. The zero-order valence-corrected chi connectivity index (χ0v) is 15.2. The number of hydrogen-bond donors (Lipinski definition) is 1. The molecule has 1 fully saturated rings. The van der Waals surface area contributed by atoms with E-state index < -0.39 is 0 Å². The molecule has 0 amide bonds. The van der Waals surface area contributed by atoms with Crippen LogP contribution in [-0.4, -0.2) is 51.2 Å². The number of rotatable bonds is 6. The van der Waals surface area contributed by atoms with Crippen molar-refractivity contribution in [3.05, 3.63) is 72.2 Å². The Bertz CT molecular complexity index is 833. The summed E-state index contributed by atoms with van der Waals surface area (Å²) in [5, 5.41) is 11.6. The van der Waals surface area contributed by atoms with Crippen molar-refractivity contribution in [2.75, 3.05) is 36.4 Å². The number of hydrogen-bond acceptors (Lipinski definition) is 7. The molecule has 4 rings (SSSR count). The average molecular weight is 361 g/mol. The first kappa shape index (κ1) is 17.4. The van der Waals surface area contributed by atoms with E-state index in [-0.39, 0.29) is 0 Å². The van der Waals surface area contributed by atoms with E-state index in [1.165, 1.54) is 5.56 Å². The van der Waals surface area contributed by atoms with Crippen LogP contribution in [0.2, 0.25) is 0 Å². The van der Waals surface area contributed by atoms with E-state index >= 15 is 0 Å². The third-order valence-corrected chi connectivity index (χ3v) is 4.65. The second kappa shape index (κ2) is 8.55. The minimum Gasteiger partial charge on any atom is -0.364 e. The Kier molecular flexibility index (Phi) is 5.50. The van der Waals surface area contributed by atoms with Crippen LogP contribution in [0.5, 0.6) is 0 Å². The lowest BCUT2D eigenvalue weighted by atomic mass is 10.2. The van der Waals surface area contributed by atoms with Crippen LogP contribution in [-0.2, 0) is 13.1 Å². The second-order valence-corrected chi connectivity index (χ2v) is 6.61. The summed E-state index contributed by atoms with van der Waals surface area (Å²) < 4.78 is 0. The molecule has 1 aliphatic rings. The van der Waals surface area contributed by atoms with Crippen LogP contribution in [0.4, 0.5) is 11.8 Å². The zero-order chi connectivity index (χ0) is 18.3. The molecule has 1 saturated heterocycles. The predicted octanol–water partition coefficient (Wildman–Crippen LogP) is 2.20. The van der Waals surface area contributed by atoms with Crippen LogP contribution < -0.4 is 10.2 Å². The van der Waals surface area contributed by atoms with Crippen molar-refractivity contribution >= 4 is 11.8 Å². The third-order valence-electron chi connectivity index (χ3n) is 4.65. The van der Waals surface area contributed by atoms with Crippen molar-refractivity contribution < 1.29 is 0 Å². The van der Waals surface area contributed by atoms with Crippen molar-refractivity contribution in [3.8, 4) is 0 Å². The van der Waals surface area contributed by atoms with Gasteiger partial charge in [-0.25, -0.2) is 0 Å². The summed E-state index contributed by atoms with van der Waals surface area (Å²) in [5.74, 6) is 1.42. The number of anilines is 2. The Hall–Kier alpha value is -3.06. The summed E-state index contributed by atoms with van der Waals surface area (Å²) in [6.07, 6.45) is 5.27. The molecule has 1 aromatic carbocycles. The van der Waals surface area contributed by atoms with E-state index in [1.54, 1.807) is 12.4 Å². The molecule has 138 valence electrons. The Morgan fingerprint density at radius 1 is 0.889 bits per heavy atom. The van der Waals surface area contributed by atoms with Gasteiger partial charge in [-0.1, -0.05) is 36.4 Å². The molecule has 27 heavy (non-hydrogen) atoms. The third kappa shape index (κ3) is 4.77. The largest absolute Gasteiger partial charge is 0.364 e. The van der Waals surface area contributed by atoms with Gasteiger partial charge in [-0.3, -0.25) is 9.88 Å². The molecule has 3 heterocycles. The molecular weight excluding hydrogens is 338 g/mol. The summed E-state index contributed by atoms with van der Waals surface area (Å²) in [6.45, 7) is 5.44. The Labute approximate surface area is 159 Å². The van der Waals surface area contributed by atoms with Gasteiger partial charge in [0.05, 0.1) is 6.20 Å². The van der Waals surface area contributed by atoms with E-state index in [0.29, 0.717) is 12.5 Å². The van der Waals surface area contributed by atoms with E-state index in [9.17, 15) is 0 Å². The average Bonchev–Trinajstić information content (AvgIpc) is 2.75. The fourth-order valence-electron chi connectivity index (χ4n) is 3.16. The van der Waals surface area contributed by atoms with Gasteiger partial charge in [-0.2, -0.15) is 10.1 Å². The van der Waals surface area contributed by atoms with Crippen LogP contribution in [0.3, 0.4) is 0 Å². The zero-order valence-electron chi connectivity index (χ0n) is 15.2. The van der Waals surface area contributed by atoms with Crippen LogP contribution in [0, 0.1) is 0 Å². The lowest BCUT2D eigenvalue weighted by Gasteiger charge is -2.34. The number of benzene rings is 1. The molecular formula is C20H23N7. The SMILES string of the molecule is c1ccc(CN2CCN(c3nncc(NCc4cccnc4)n3)CC2)cc1. The summed E-state index contributed by atoms with van der Waals surface area (Å²) in [7, 11) is 0. The molecule has 0 unspecified atom stereocenters. The van der Waals surface area contributed by atoms with Gasteiger partial charge in [0.1, 0.15) is 0 Å². The van der Waals surface area contributed by atoms with E-state index in [1.807, 2.05) is 18.3 Å². The summed E-state index contributed by atoms with van der Waals surface area (Å²) in [5.41, 5.74) is 2.46. The normalized spacial score (nSPS) is 14.9. The summed E-state index contributed by atoms with van der Waals surface area (Å²) >= 11 is 0. The maximum atomic E-state index is 4.62. The molecule has 7 nitrogen and oxygen atoms in total. The highest BCUT2D eigenvalue weighted by Crippen LogP contribution is 2.14. The predicted molar refractivity (Wildman–Crippen MR) is 105 cm³/mol.